The van der Waals surface area contributed by atoms with Crippen molar-refractivity contribution in [2.75, 3.05) is 0 Å². The van der Waals surface area contributed by atoms with Crippen molar-refractivity contribution in [2.24, 2.45) is 0 Å². The van der Waals surface area contributed by atoms with Crippen LogP contribution in [0.15, 0.2) is 84.1 Å². The van der Waals surface area contributed by atoms with E-state index in [1.54, 1.807) is 19.1 Å². The fraction of sp³-hybridized carbons (Fsp3) is 0.0909. The number of carbonyl (C=O) groups is 2. The summed E-state index contributed by atoms with van der Waals surface area (Å²) in [5, 5.41) is 7.76. The van der Waals surface area contributed by atoms with Crippen LogP contribution in [0.5, 0.6) is 0 Å². The molecule has 4 heteroatoms. The van der Waals surface area contributed by atoms with E-state index in [1.807, 2.05) is 60.7 Å². The van der Waals surface area contributed by atoms with Gasteiger partial charge in [0.1, 0.15) is 0 Å². The average molecular weight is 342 g/mol. The van der Waals surface area contributed by atoms with Crippen molar-refractivity contribution in [1.29, 1.82) is 0 Å². The molecule has 3 aromatic rings. The molecule has 4 rings (SSSR count). The number of amides is 2. The number of Topliss-reactive ketones (excluding diaryl/α,β-unsaturated/α-hetero) is 1. The second-order valence-corrected chi connectivity index (χ2v) is 6.33. The van der Waals surface area contributed by atoms with Crippen molar-refractivity contribution in [3.8, 4) is 0 Å². The van der Waals surface area contributed by atoms with Crippen LogP contribution >= 0.6 is 0 Å². The SMILES string of the molecule is CC1=C(C(=O)c2ccccc2)[C@@H](c2cccc3ccccc23)NC(=O)N1. The van der Waals surface area contributed by atoms with Gasteiger partial charge in [0.2, 0.25) is 0 Å². The molecule has 1 atom stereocenters. The van der Waals surface area contributed by atoms with Gasteiger partial charge < -0.3 is 10.6 Å². The maximum Gasteiger partial charge on any atom is 0.319 e. The van der Waals surface area contributed by atoms with Gasteiger partial charge in [0.15, 0.2) is 5.78 Å². The van der Waals surface area contributed by atoms with Gasteiger partial charge >= 0.3 is 6.03 Å². The lowest BCUT2D eigenvalue weighted by Crippen LogP contribution is -2.45. The number of urea groups is 1. The van der Waals surface area contributed by atoms with Gasteiger partial charge in [-0.3, -0.25) is 4.79 Å². The Morgan fingerprint density at radius 2 is 1.58 bits per heavy atom. The van der Waals surface area contributed by atoms with Gasteiger partial charge in [-0.25, -0.2) is 4.79 Å². The Morgan fingerprint density at radius 3 is 2.38 bits per heavy atom. The Kier molecular flexibility index (Phi) is 4.01. The van der Waals surface area contributed by atoms with Gasteiger partial charge in [0, 0.05) is 16.8 Å². The van der Waals surface area contributed by atoms with Crippen LogP contribution in [0, 0.1) is 0 Å². The number of ketones is 1. The third kappa shape index (κ3) is 2.75. The normalized spacial score (nSPS) is 17.0. The van der Waals surface area contributed by atoms with Gasteiger partial charge in [-0.1, -0.05) is 72.8 Å². The van der Waals surface area contributed by atoms with Crippen molar-refractivity contribution in [3.05, 3.63) is 95.2 Å². The smallest absolute Gasteiger partial charge is 0.319 e. The van der Waals surface area contributed by atoms with Gasteiger partial charge in [-0.2, -0.15) is 0 Å². The van der Waals surface area contributed by atoms with Crippen molar-refractivity contribution in [2.45, 2.75) is 13.0 Å². The second-order valence-electron chi connectivity index (χ2n) is 6.33. The molecule has 0 radical (unpaired) electrons. The molecular formula is C22H18N2O2. The Hall–Kier alpha value is -3.40. The molecule has 2 N–H and O–H groups in total. The third-order valence-corrected chi connectivity index (χ3v) is 4.68. The van der Waals surface area contributed by atoms with E-state index in [-0.39, 0.29) is 11.8 Å². The first-order valence-corrected chi connectivity index (χ1v) is 8.51. The van der Waals surface area contributed by atoms with Crippen molar-refractivity contribution in [1.82, 2.24) is 10.6 Å². The van der Waals surface area contributed by atoms with Gasteiger partial charge in [-0.15, -0.1) is 0 Å². The lowest BCUT2D eigenvalue weighted by Gasteiger charge is -2.29. The molecule has 0 bridgehead atoms. The predicted molar refractivity (Wildman–Crippen MR) is 102 cm³/mol. The van der Waals surface area contributed by atoms with Gasteiger partial charge in [0.25, 0.3) is 0 Å². The quantitative estimate of drug-likeness (QED) is 0.695. The molecule has 0 spiro atoms. The number of hydrogen-bond donors (Lipinski definition) is 2. The monoisotopic (exact) mass is 342 g/mol. The molecule has 128 valence electrons. The van der Waals surface area contributed by atoms with Crippen LogP contribution in [0.3, 0.4) is 0 Å². The zero-order chi connectivity index (χ0) is 18.1. The minimum absolute atomic E-state index is 0.0893. The highest BCUT2D eigenvalue weighted by Gasteiger charge is 2.32. The fourth-order valence-electron chi connectivity index (χ4n) is 3.48. The van der Waals surface area contributed by atoms with Crippen molar-refractivity contribution < 1.29 is 9.59 Å². The first kappa shape index (κ1) is 16.1. The van der Waals surface area contributed by atoms with E-state index in [1.165, 1.54) is 0 Å². The van der Waals surface area contributed by atoms with Crippen LogP contribution in [0.2, 0.25) is 0 Å². The molecule has 0 aliphatic carbocycles. The van der Waals surface area contributed by atoms with E-state index in [0.29, 0.717) is 16.8 Å². The molecule has 4 nitrogen and oxygen atoms in total. The Morgan fingerprint density at radius 1 is 0.885 bits per heavy atom. The van der Waals surface area contributed by atoms with Crippen LogP contribution in [0.1, 0.15) is 28.9 Å². The summed E-state index contributed by atoms with van der Waals surface area (Å²) in [5.74, 6) is -0.0893. The van der Waals surface area contributed by atoms with Crippen LogP contribution in [0.25, 0.3) is 10.8 Å². The molecule has 3 aromatic carbocycles. The average Bonchev–Trinajstić information content (AvgIpc) is 2.67. The summed E-state index contributed by atoms with van der Waals surface area (Å²) in [6, 6.07) is 22.2. The molecule has 0 saturated heterocycles. The first-order valence-electron chi connectivity index (χ1n) is 8.51. The predicted octanol–water partition coefficient (Wildman–Crippen LogP) is 4.35. The Bertz CT molecular complexity index is 1030. The number of hydrogen-bond acceptors (Lipinski definition) is 2. The summed E-state index contributed by atoms with van der Waals surface area (Å²) in [7, 11) is 0. The number of carbonyl (C=O) groups excluding carboxylic acids is 2. The van der Waals surface area contributed by atoms with E-state index in [2.05, 4.69) is 10.6 Å². The number of allylic oxidation sites excluding steroid dienone is 1. The number of nitrogens with one attached hydrogen (secondary N) is 2. The highest BCUT2D eigenvalue weighted by Crippen LogP contribution is 2.33. The largest absolute Gasteiger partial charge is 0.327 e. The molecule has 0 aromatic heterocycles. The summed E-state index contributed by atoms with van der Waals surface area (Å²) in [6.45, 7) is 1.77. The molecule has 1 aliphatic rings. The lowest BCUT2D eigenvalue weighted by atomic mass is 9.87. The minimum Gasteiger partial charge on any atom is -0.327 e. The summed E-state index contributed by atoms with van der Waals surface area (Å²) in [5.41, 5.74) is 2.66. The molecule has 1 heterocycles. The van der Waals surface area contributed by atoms with E-state index < -0.39 is 6.04 Å². The number of benzene rings is 3. The number of fused-ring (bicyclic) bond motifs is 1. The number of rotatable bonds is 3. The minimum atomic E-state index is -0.498. The van der Waals surface area contributed by atoms with E-state index >= 15 is 0 Å². The van der Waals surface area contributed by atoms with Gasteiger partial charge in [0.05, 0.1) is 6.04 Å². The van der Waals surface area contributed by atoms with Gasteiger partial charge in [-0.05, 0) is 23.3 Å². The van der Waals surface area contributed by atoms with E-state index in [0.717, 1.165) is 16.3 Å². The summed E-state index contributed by atoms with van der Waals surface area (Å²) in [6.07, 6.45) is 0. The summed E-state index contributed by atoms with van der Waals surface area (Å²) >= 11 is 0. The molecule has 0 saturated carbocycles. The lowest BCUT2D eigenvalue weighted by molar-refractivity contribution is 0.102. The molecule has 0 fully saturated rings. The highest BCUT2D eigenvalue weighted by atomic mass is 16.2. The van der Waals surface area contributed by atoms with E-state index in [4.69, 9.17) is 0 Å². The van der Waals surface area contributed by atoms with Crippen molar-refractivity contribution in [3.63, 3.8) is 0 Å². The zero-order valence-electron chi connectivity index (χ0n) is 14.3. The topological polar surface area (TPSA) is 58.2 Å². The fourth-order valence-corrected chi connectivity index (χ4v) is 3.48. The Labute approximate surface area is 151 Å². The van der Waals surface area contributed by atoms with Crippen molar-refractivity contribution >= 4 is 22.6 Å². The summed E-state index contributed by atoms with van der Waals surface area (Å²) in [4.78, 5) is 25.3. The highest BCUT2D eigenvalue weighted by molar-refractivity contribution is 6.11. The van der Waals surface area contributed by atoms with E-state index in [9.17, 15) is 9.59 Å². The Balaban J connectivity index is 1.89. The van der Waals surface area contributed by atoms with Crippen LogP contribution in [-0.4, -0.2) is 11.8 Å². The zero-order valence-corrected chi connectivity index (χ0v) is 14.3. The molecule has 1 aliphatic heterocycles. The summed E-state index contributed by atoms with van der Waals surface area (Å²) < 4.78 is 0. The maximum atomic E-state index is 13.2. The third-order valence-electron chi connectivity index (χ3n) is 4.68. The van der Waals surface area contributed by atoms with Crippen LogP contribution in [-0.2, 0) is 0 Å². The maximum absolute atomic E-state index is 13.2. The molecular weight excluding hydrogens is 324 g/mol. The second kappa shape index (κ2) is 6.48. The van der Waals surface area contributed by atoms with Crippen LogP contribution < -0.4 is 10.6 Å². The van der Waals surface area contributed by atoms with Crippen LogP contribution in [0.4, 0.5) is 4.79 Å². The molecule has 2 amide bonds. The first-order chi connectivity index (χ1) is 12.6. The standard InChI is InChI=1S/C22H18N2O2/c1-14-19(21(25)16-9-3-2-4-10-16)20(24-22(26)23-14)18-13-7-11-15-8-5-6-12-17(15)18/h2-13,20H,1H3,(H2,23,24,26)/t20-/m1/s1. The molecule has 26 heavy (non-hydrogen) atoms. The molecule has 0 unspecified atom stereocenters.